The van der Waals surface area contributed by atoms with E-state index >= 15 is 0 Å². The SMILES string of the molecule is COc1cccc(CC(=O)N2CCNC(=O)[C@@H](Cc3cccc(-c4ccccc4C)c3)C2)c1. The first-order valence-corrected chi connectivity index (χ1v) is 11.4. The molecule has 0 spiro atoms. The first kappa shape index (κ1) is 22.6. The lowest BCUT2D eigenvalue weighted by Crippen LogP contribution is -2.38. The normalized spacial score (nSPS) is 16.1. The van der Waals surface area contributed by atoms with Crippen LogP contribution in [0, 0.1) is 12.8 Å². The van der Waals surface area contributed by atoms with E-state index in [0.29, 0.717) is 32.5 Å². The molecule has 0 aromatic heterocycles. The topological polar surface area (TPSA) is 58.6 Å². The van der Waals surface area contributed by atoms with E-state index in [1.165, 1.54) is 11.1 Å². The minimum absolute atomic E-state index is 0.00738. The van der Waals surface area contributed by atoms with Crippen LogP contribution in [-0.4, -0.2) is 43.5 Å². The molecule has 0 radical (unpaired) electrons. The highest BCUT2D eigenvalue weighted by Crippen LogP contribution is 2.25. The molecule has 1 aliphatic rings. The van der Waals surface area contributed by atoms with Gasteiger partial charge in [0.2, 0.25) is 11.8 Å². The summed E-state index contributed by atoms with van der Waals surface area (Å²) in [6.07, 6.45) is 0.884. The van der Waals surface area contributed by atoms with Gasteiger partial charge in [0.1, 0.15) is 5.75 Å². The molecule has 0 unspecified atom stereocenters. The Balaban J connectivity index is 1.48. The number of carbonyl (C=O) groups excluding carboxylic acids is 2. The van der Waals surface area contributed by atoms with Gasteiger partial charge in [0.15, 0.2) is 0 Å². The smallest absolute Gasteiger partial charge is 0.227 e. The first-order valence-electron chi connectivity index (χ1n) is 11.4. The van der Waals surface area contributed by atoms with Crippen molar-refractivity contribution in [1.29, 1.82) is 0 Å². The Morgan fingerprint density at radius 2 is 1.82 bits per heavy atom. The fraction of sp³-hybridized carbons (Fsp3) is 0.286. The molecule has 1 heterocycles. The van der Waals surface area contributed by atoms with Crippen LogP contribution in [0.25, 0.3) is 11.1 Å². The zero-order valence-corrected chi connectivity index (χ0v) is 19.2. The van der Waals surface area contributed by atoms with Gasteiger partial charge in [-0.3, -0.25) is 9.59 Å². The zero-order chi connectivity index (χ0) is 23.2. The van der Waals surface area contributed by atoms with Crippen LogP contribution >= 0.6 is 0 Å². The van der Waals surface area contributed by atoms with Crippen LogP contribution in [0.4, 0.5) is 0 Å². The standard InChI is InChI=1S/C28H30N2O3/c1-20-7-3-4-12-26(20)23-10-5-8-21(15-23)16-24-19-30(14-13-29-28(24)32)27(31)18-22-9-6-11-25(17-22)33-2/h3-12,15,17,24H,13-14,16,18-19H2,1-2H3,(H,29,32)/t24-/m0/s1. The van der Waals surface area contributed by atoms with E-state index in [9.17, 15) is 9.59 Å². The Morgan fingerprint density at radius 1 is 1.03 bits per heavy atom. The molecule has 5 nitrogen and oxygen atoms in total. The fourth-order valence-electron chi connectivity index (χ4n) is 4.40. The van der Waals surface area contributed by atoms with Crippen molar-refractivity contribution in [2.45, 2.75) is 19.8 Å². The summed E-state index contributed by atoms with van der Waals surface area (Å²) < 4.78 is 5.27. The minimum Gasteiger partial charge on any atom is -0.497 e. The summed E-state index contributed by atoms with van der Waals surface area (Å²) >= 11 is 0. The summed E-state index contributed by atoms with van der Waals surface area (Å²) in [5.74, 6) is 0.486. The average Bonchev–Trinajstić information content (AvgIpc) is 3.01. The number of aryl methyl sites for hydroxylation is 1. The Kier molecular flexibility index (Phi) is 7.08. The molecule has 1 fully saturated rings. The van der Waals surface area contributed by atoms with Gasteiger partial charge < -0.3 is 15.0 Å². The van der Waals surface area contributed by atoms with Gasteiger partial charge in [0.05, 0.1) is 19.4 Å². The van der Waals surface area contributed by atoms with E-state index in [0.717, 1.165) is 22.4 Å². The highest BCUT2D eigenvalue weighted by Gasteiger charge is 2.28. The van der Waals surface area contributed by atoms with Crippen LogP contribution in [-0.2, 0) is 22.4 Å². The molecule has 3 aromatic rings. The van der Waals surface area contributed by atoms with E-state index in [1.807, 2.05) is 47.4 Å². The molecule has 4 rings (SSSR count). The van der Waals surface area contributed by atoms with Crippen molar-refractivity contribution >= 4 is 11.8 Å². The number of hydrogen-bond acceptors (Lipinski definition) is 3. The van der Waals surface area contributed by atoms with Crippen molar-refractivity contribution in [3.8, 4) is 16.9 Å². The Morgan fingerprint density at radius 3 is 2.64 bits per heavy atom. The van der Waals surface area contributed by atoms with Crippen LogP contribution in [0.5, 0.6) is 5.75 Å². The van der Waals surface area contributed by atoms with Gasteiger partial charge in [-0.1, -0.05) is 60.7 Å². The number of carbonyl (C=O) groups is 2. The molecule has 1 aliphatic heterocycles. The maximum atomic E-state index is 13.0. The predicted octanol–water partition coefficient (Wildman–Crippen LogP) is 4.03. The minimum atomic E-state index is -0.283. The summed E-state index contributed by atoms with van der Waals surface area (Å²) in [4.78, 5) is 27.6. The quantitative estimate of drug-likeness (QED) is 0.627. The number of nitrogens with zero attached hydrogens (tertiary/aromatic N) is 1. The van der Waals surface area contributed by atoms with Crippen molar-refractivity contribution in [3.63, 3.8) is 0 Å². The third kappa shape index (κ3) is 5.61. The van der Waals surface area contributed by atoms with Crippen LogP contribution in [0.2, 0.25) is 0 Å². The summed E-state index contributed by atoms with van der Waals surface area (Å²) in [6, 6.07) is 24.2. The molecule has 2 amide bonds. The van der Waals surface area contributed by atoms with E-state index in [2.05, 4.69) is 42.6 Å². The molecular weight excluding hydrogens is 412 g/mol. The largest absolute Gasteiger partial charge is 0.497 e. The van der Waals surface area contributed by atoms with Crippen molar-refractivity contribution in [1.82, 2.24) is 10.2 Å². The van der Waals surface area contributed by atoms with Crippen molar-refractivity contribution in [2.75, 3.05) is 26.7 Å². The van der Waals surface area contributed by atoms with E-state index in [-0.39, 0.29) is 17.7 Å². The van der Waals surface area contributed by atoms with Crippen LogP contribution < -0.4 is 10.1 Å². The van der Waals surface area contributed by atoms with E-state index in [1.54, 1.807) is 7.11 Å². The van der Waals surface area contributed by atoms with E-state index < -0.39 is 0 Å². The van der Waals surface area contributed by atoms with Crippen molar-refractivity contribution < 1.29 is 14.3 Å². The Labute approximate surface area is 195 Å². The molecule has 1 saturated heterocycles. The van der Waals surface area contributed by atoms with Gasteiger partial charge in [0.25, 0.3) is 0 Å². The second-order valence-electron chi connectivity index (χ2n) is 8.58. The molecule has 5 heteroatoms. The van der Waals surface area contributed by atoms with Gasteiger partial charge in [-0.25, -0.2) is 0 Å². The molecule has 33 heavy (non-hydrogen) atoms. The molecule has 1 atom stereocenters. The molecule has 0 aliphatic carbocycles. The third-order valence-electron chi connectivity index (χ3n) is 6.20. The predicted molar refractivity (Wildman–Crippen MR) is 130 cm³/mol. The van der Waals surface area contributed by atoms with Gasteiger partial charge >= 0.3 is 0 Å². The van der Waals surface area contributed by atoms with Crippen molar-refractivity contribution in [3.05, 3.63) is 89.5 Å². The second kappa shape index (κ2) is 10.3. The number of ether oxygens (including phenoxy) is 1. The highest BCUT2D eigenvalue weighted by atomic mass is 16.5. The number of hydrogen-bond donors (Lipinski definition) is 1. The highest BCUT2D eigenvalue weighted by molar-refractivity contribution is 5.83. The van der Waals surface area contributed by atoms with E-state index in [4.69, 9.17) is 4.74 Å². The maximum absolute atomic E-state index is 13.0. The lowest BCUT2D eigenvalue weighted by Gasteiger charge is -2.23. The molecular formula is C28H30N2O3. The second-order valence-corrected chi connectivity index (χ2v) is 8.58. The van der Waals surface area contributed by atoms with Gasteiger partial charge in [-0.2, -0.15) is 0 Å². The summed E-state index contributed by atoms with van der Waals surface area (Å²) in [5.41, 5.74) is 5.56. The maximum Gasteiger partial charge on any atom is 0.227 e. The number of rotatable bonds is 6. The number of benzene rings is 3. The summed E-state index contributed by atoms with van der Waals surface area (Å²) in [6.45, 7) is 3.52. The number of nitrogens with one attached hydrogen (secondary N) is 1. The van der Waals surface area contributed by atoms with Crippen LogP contribution in [0.15, 0.2) is 72.8 Å². The average molecular weight is 443 g/mol. The van der Waals surface area contributed by atoms with Gasteiger partial charge in [-0.15, -0.1) is 0 Å². The number of amides is 2. The van der Waals surface area contributed by atoms with Crippen LogP contribution in [0.3, 0.4) is 0 Å². The lowest BCUT2D eigenvalue weighted by atomic mass is 9.94. The first-order chi connectivity index (χ1) is 16.0. The Hall–Kier alpha value is -3.60. The fourth-order valence-corrected chi connectivity index (χ4v) is 4.40. The molecule has 170 valence electrons. The molecule has 1 N–H and O–H groups in total. The van der Waals surface area contributed by atoms with Gasteiger partial charge in [-0.05, 0) is 53.3 Å². The van der Waals surface area contributed by atoms with Crippen molar-refractivity contribution in [2.24, 2.45) is 5.92 Å². The molecule has 0 bridgehead atoms. The van der Waals surface area contributed by atoms with Crippen LogP contribution in [0.1, 0.15) is 16.7 Å². The molecule has 0 saturated carbocycles. The third-order valence-corrected chi connectivity index (χ3v) is 6.20. The lowest BCUT2D eigenvalue weighted by molar-refractivity contribution is -0.131. The summed E-state index contributed by atoms with van der Waals surface area (Å²) in [5, 5.41) is 2.98. The Bertz CT molecular complexity index is 1140. The monoisotopic (exact) mass is 442 g/mol. The number of methoxy groups -OCH3 is 1. The molecule has 3 aromatic carbocycles. The van der Waals surface area contributed by atoms with Gasteiger partial charge in [0, 0.05) is 19.6 Å². The summed E-state index contributed by atoms with van der Waals surface area (Å²) in [7, 11) is 1.62. The zero-order valence-electron chi connectivity index (χ0n) is 19.2.